The van der Waals surface area contributed by atoms with Gasteiger partial charge in [-0.05, 0) is 24.5 Å². The molecule has 1 fully saturated rings. The van der Waals surface area contributed by atoms with Gasteiger partial charge >= 0.3 is 0 Å². The van der Waals surface area contributed by atoms with Crippen LogP contribution in [-0.4, -0.2) is 18.4 Å². The highest BCUT2D eigenvalue weighted by Crippen LogP contribution is 2.16. The summed E-state index contributed by atoms with van der Waals surface area (Å²) in [4.78, 5) is 10.9. The number of carbonyl (C=O) groups excluding carboxylic acids is 1. The number of anilines is 1. The Kier molecular flexibility index (Phi) is 4.53. The van der Waals surface area contributed by atoms with Gasteiger partial charge in [0.1, 0.15) is 6.29 Å². The van der Waals surface area contributed by atoms with Crippen molar-refractivity contribution < 1.29 is 4.79 Å². The number of carbonyl (C=O) groups is 1. The fourth-order valence-corrected chi connectivity index (χ4v) is 2.31. The molecule has 2 unspecified atom stereocenters. The van der Waals surface area contributed by atoms with Crippen LogP contribution in [0.4, 0.5) is 5.69 Å². The number of para-hydroxylation sites is 1. The number of nitrogen functional groups attached to an aromatic ring is 1. The molecule has 0 bridgehead atoms. The van der Waals surface area contributed by atoms with Crippen LogP contribution in [0.3, 0.4) is 0 Å². The highest BCUT2D eigenvalue weighted by molar-refractivity contribution is 5.64. The Morgan fingerprint density at radius 2 is 1.89 bits per heavy atom. The first-order chi connectivity index (χ1) is 8.79. The van der Waals surface area contributed by atoms with Crippen molar-refractivity contribution in [3.8, 4) is 0 Å². The van der Waals surface area contributed by atoms with Crippen LogP contribution in [0.25, 0.3) is 6.08 Å². The summed E-state index contributed by atoms with van der Waals surface area (Å²) in [5.74, 6) is 0. The molecule has 0 amide bonds. The quantitative estimate of drug-likeness (QED) is 0.634. The zero-order valence-electron chi connectivity index (χ0n) is 10.5. The standard InChI is InChI=1S/C15H20N2O/c16-15-8-4-1-5-12(15)9-10-13-6-2-3-7-14(11-18)17-13/h1,4-5,8-11,13-14,17H,2-3,6-7,16H2. The van der Waals surface area contributed by atoms with Crippen molar-refractivity contribution in [2.75, 3.05) is 5.73 Å². The molecule has 96 valence electrons. The molecule has 1 aliphatic rings. The van der Waals surface area contributed by atoms with Gasteiger partial charge in [0.2, 0.25) is 0 Å². The third kappa shape index (κ3) is 3.44. The maximum absolute atomic E-state index is 10.9. The predicted octanol–water partition coefficient (Wildman–Crippen LogP) is 2.38. The molecule has 1 aromatic rings. The van der Waals surface area contributed by atoms with Gasteiger partial charge in [0.25, 0.3) is 0 Å². The summed E-state index contributed by atoms with van der Waals surface area (Å²) in [5.41, 5.74) is 7.71. The fraction of sp³-hybridized carbons (Fsp3) is 0.400. The smallest absolute Gasteiger partial charge is 0.136 e. The molecule has 0 aromatic heterocycles. The Bertz CT molecular complexity index is 428. The van der Waals surface area contributed by atoms with E-state index in [1.54, 1.807) is 0 Å². The monoisotopic (exact) mass is 244 g/mol. The van der Waals surface area contributed by atoms with Gasteiger partial charge in [0.15, 0.2) is 0 Å². The lowest BCUT2D eigenvalue weighted by molar-refractivity contribution is -0.109. The van der Waals surface area contributed by atoms with Gasteiger partial charge in [-0.15, -0.1) is 0 Å². The van der Waals surface area contributed by atoms with Gasteiger partial charge in [0.05, 0.1) is 6.04 Å². The third-order valence-electron chi connectivity index (χ3n) is 3.38. The molecule has 18 heavy (non-hydrogen) atoms. The lowest BCUT2D eigenvalue weighted by Gasteiger charge is -2.15. The molecule has 1 heterocycles. The molecule has 0 saturated carbocycles. The second-order valence-corrected chi connectivity index (χ2v) is 4.79. The van der Waals surface area contributed by atoms with Gasteiger partial charge < -0.3 is 15.8 Å². The summed E-state index contributed by atoms with van der Waals surface area (Å²) in [5, 5.41) is 3.36. The number of hydrogen-bond donors (Lipinski definition) is 2. The number of benzene rings is 1. The molecule has 3 N–H and O–H groups in total. The van der Waals surface area contributed by atoms with E-state index in [1.165, 1.54) is 0 Å². The van der Waals surface area contributed by atoms with Crippen LogP contribution in [0.5, 0.6) is 0 Å². The first-order valence-electron chi connectivity index (χ1n) is 6.53. The topological polar surface area (TPSA) is 55.1 Å². The van der Waals surface area contributed by atoms with Crippen molar-refractivity contribution >= 4 is 18.0 Å². The van der Waals surface area contributed by atoms with E-state index in [0.717, 1.165) is 43.2 Å². The Balaban J connectivity index is 2.03. The summed E-state index contributed by atoms with van der Waals surface area (Å²) >= 11 is 0. The van der Waals surface area contributed by atoms with E-state index in [9.17, 15) is 4.79 Å². The minimum atomic E-state index is -0.00438. The van der Waals surface area contributed by atoms with Crippen molar-refractivity contribution in [2.24, 2.45) is 0 Å². The zero-order chi connectivity index (χ0) is 12.8. The average molecular weight is 244 g/mol. The van der Waals surface area contributed by atoms with Crippen molar-refractivity contribution in [2.45, 2.75) is 37.8 Å². The predicted molar refractivity (Wildman–Crippen MR) is 75.1 cm³/mol. The van der Waals surface area contributed by atoms with Crippen LogP contribution >= 0.6 is 0 Å². The van der Waals surface area contributed by atoms with Crippen molar-refractivity contribution in [1.82, 2.24) is 5.32 Å². The van der Waals surface area contributed by atoms with E-state index in [2.05, 4.69) is 11.4 Å². The Morgan fingerprint density at radius 3 is 2.61 bits per heavy atom. The average Bonchev–Trinajstić information content (AvgIpc) is 2.63. The number of nitrogens with two attached hydrogens (primary N) is 1. The van der Waals surface area contributed by atoms with Crippen molar-refractivity contribution in [3.63, 3.8) is 0 Å². The molecule has 0 aliphatic carbocycles. The molecule has 1 aliphatic heterocycles. The second-order valence-electron chi connectivity index (χ2n) is 4.79. The Morgan fingerprint density at radius 1 is 1.17 bits per heavy atom. The SMILES string of the molecule is Nc1ccccc1C=CC1CCCCC(C=O)N1. The van der Waals surface area contributed by atoms with Gasteiger partial charge in [-0.3, -0.25) is 0 Å². The first-order valence-corrected chi connectivity index (χ1v) is 6.53. The van der Waals surface area contributed by atoms with Crippen LogP contribution in [-0.2, 0) is 4.79 Å². The maximum atomic E-state index is 10.9. The van der Waals surface area contributed by atoms with Gasteiger partial charge in [-0.1, -0.05) is 43.2 Å². The minimum Gasteiger partial charge on any atom is -0.398 e. The molecule has 3 heteroatoms. The summed E-state index contributed by atoms with van der Waals surface area (Å²) in [6.45, 7) is 0. The minimum absolute atomic E-state index is 0.00438. The van der Waals surface area contributed by atoms with Crippen molar-refractivity contribution in [1.29, 1.82) is 0 Å². The first kappa shape index (κ1) is 12.8. The van der Waals surface area contributed by atoms with Crippen molar-refractivity contribution in [3.05, 3.63) is 35.9 Å². The van der Waals surface area contributed by atoms with Gasteiger partial charge in [-0.25, -0.2) is 0 Å². The largest absolute Gasteiger partial charge is 0.398 e. The highest BCUT2D eigenvalue weighted by Gasteiger charge is 2.16. The zero-order valence-corrected chi connectivity index (χ0v) is 10.5. The number of rotatable bonds is 3. The summed E-state index contributed by atoms with van der Waals surface area (Å²) in [7, 11) is 0. The normalized spacial score (nSPS) is 24.9. The van der Waals surface area contributed by atoms with Crippen LogP contribution in [0.2, 0.25) is 0 Å². The van der Waals surface area contributed by atoms with Gasteiger partial charge in [0, 0.05) is 11.7 Å². The van der Waals surface area contributed by atoms with Gasteiger partial charge in [-0.2, -0.15) is 0 Å². The second kappa shape index (κ2) is 6.36. The molecule has 2 atom stereocenters. The maximum Gasteiger partial charge on any atom is 0.136 e. The van der Waals surface area contributed by atoms with E-state index in [4.69, 9.17) is 5.73 Å². The van der Waals surface area contributed by atoms with Crippen LogP contribution in [0, 0.1) is 0 Å². The highest BCUT2D eigenvalue weighted by atomic mass is 16.1. The van der Waals surface area contributed by atoms with Crippen LogP contribution in [0.1, 0.15) is 31.2 Å². The Hall–Kier alpha value is -1.61. The number of nitrogens with one attached hydrogen (secondary N) is 1. The molecular formula is C15H20N2O. The fourth-order valence-electron chi connectivity index (χ4n) is 2.31. The summed E-state index contributed by atoms with van der Waals surface area (Å²) in [6.07, 6.45) is 9.48. The molecule has 1 saturated heterocycles. The third-order valence-corrected chi connectivity index (χ3v) is 3.38. The van der Waals surface area contributed by atoms with Crippen LogP contribution in [0.15, 0.2) is 30.3 Å². The molecule has 0 spiro atoms. The van der Waals surface area contributed by atoms with E-state index in [0.29, 0.717) is 0 Å². The summed E-state index contributed by atoms with van der Waals surface area (Å²) in [6, 6.07) is 8.07. The van der Waals surface area contributed by atoms with E-state index in [1.807, 2.05) is 30.3 Å². The number of hydrogen-bond acceptors (Lipinski definition) is 3. The van der Waals surface area contributed by atoms with E-state index in [-0.39, 0.29) is 12.1 Å². The van der Waals surface area contributed by atoms with E-state index >= 15 is 0 Å². The lowest BCUT2D eigenvalue weighted by Crippen LogP contribution is -2.36. The van der Waals surface area contributed by atoms with Crippen LogP contribution < -0.4 is 11.1 Å². The molecule has 1 aromatic carbocycles. The molecular weight excluding hydrogens is 224 g/mol. The molecule has 0 radical (unpaired) electrons. The van der Waals surface area contributed by atoms with E-state index < -0.39 is 0 Å². The number of aldehydes is 1. The molecule has 3 nitrogen and oxygen atoms in total. The summed E-state index contributed by atoms with van der Waals surface area (Å²) < 4.78 is 0. The Labute approximate surface area is 108 Å². The molecule has 2 rings (SSSR count). The lowest BCUT2D eigenvalue weighted by atomic mass is 10.1.